The van der Waals surface area contributed by atoms with E-state index in [1.807, 2.05) is 0 Å². The maximum Gasteiger partial charge on any atom is 0.126 e. The van der Waals surface area contributed by atoms with Gasteiger partial charge in [0.25, 0.3) is 0 Å². The van der Waals surface area contributed by atoms with Gasteiger partial charge in [-0.15, -0.1) is 0 Å². The molecule has 1 aliphatic carbocycles. The lowest BCUT2D eigenvalue weighted by molar-refractivity contribution is 0.352. The molecule has 2 aliphatic rings. The van der Waals surface area contributed by atoms with E-state index in [9.17, 15) is 0 Å². The zero-order valence-electron chi connectivity index (χ0n) is 12.5. The fourth-order valence-corrected chi connectivity index (χ4v) is 4.33. The molecule has 0 spiro atoms. The Hall–Kier alpha value is -0.540. The van der Waals surface area contributed by atoms with Crippen LogP contribution in [0.5, 0.6) is 5.75 Å². The van der Waals surface area contributed by atoms with Crippen LogP contribution in [0.2, 0.25) is 0 Å². The predicted octanol–water partition coefficient (Wildman–Crippen LogP) is 4.40. The monoisotopic (exact) mass is 337 g/mol. The van der Waals surface area contributed by atoms with Crippen LogP contribution in [0, 0.1) is 5.92 Å². The van der Waals surface area contributed by atoms with Gasteiger partial charge < -0.3 is 10.1 Å². The van der Waals surface area contributed by atoms with Crippen molar-refractivity contribution in [2.45, 2.75) is 52.0 Å². The molecule has 0 amide bonds. The Morgan fingerprint density at radius 1 is 1.40 bits per heavy atom. The van der Waals surface area contributed by atoms with Crippen molar-refractivity contribution < 1.29 is 4.74 Å². The van der Waals surface area contributed by atoms with E-state index in [0.717, 1.165) is 31.9 Å². The summed E-state index contributed by atoms with van der Waals surface area (Å²) >= 11 is 3.83. The lowest BCUT2D eigenvalue weighted by Gasteiger charge is -2.23. The van der Waals surface area contributed by atoms with Crippen LogP contribution in [0.15, 0.2) is 10.5 Å². The van der Waals surface area contributed by atoms with Crippen LogP contribution in [0.4, 0.5) is 0 Å². The molecule has 1 N–H and O–H groups in total. The number of rotatable bonds is 3. The summed E-state index contributed by atoms with van der Waals surface area (Å²) in [6.45, 7) is 6.54. The molecule has 1 heterocycles. The molecule has 0 fully saturated rings. The topological polar surface area (TPSA) is 21.3 Å². The third-order valence-electron chi connectivity index (χ3n) is 4.58. The molecule has 2 nitrogen and oxygen atoms in total. The third kappa shape index (κ3) is 2.62. The van der Waals surface area contributed by atoms with Crippen molar-refractivity contribution in [1.82, 2.24) is 5.32 Å². The Morgan fingerprint density at radius 3 is 3.05 bits per heavy atom. The smallest absolute Gasteiger partial charge is 0.126 e. The molecule has 0 saturated carbocycles. The van der Waals surface area contributed by atoms with Crippen molar-refractivity contribution in [3.8, 4) is 5.75 Å². The first-order valence-electron chi connectivity index (χ1n) is 7.91. The lowest BCUT2D eigenvalue weighted by atomic mass is 9.94. The summed E-state index contributed by atoms with van der Waals surface area (Å²) in [4.78, 5) is 0. The SMILES string of the molecule is CCCNC1CC(C)CCc2c3c(cc(Br)c21)CCO3. The molecule has 1 aromatic rings. The number of benzene rings is 1. The first kappa shape index (κ1) is 14.4. The Bertz CT molecular complexity index is 500. The van der Waals surface area contributed by atoms with Gasteiger partial charge in [0.15, 0.2) is 0 Å². The van der Waals surface area contributed by atoms with Crippen LogP contribution in [0.3, 0.4) is 0 Å². The van der Waals surface area contributed by atoms with Crippen molar-refractivity contribution in [3.05, 3.63) is 27.2 Å². The average Bonchev–Trinajstić information content (AvgIpc) is 2.81. The molecule has 2 unspecified atom stereocenters. The molecule has 110 valence electrons. The molecule has 0 bridgehead atoms. The van der Waals surface area contributed by atoms with Crippen LogP contribution in [-0.2, 0) is 12.8 Å². The van der Waals surface area contributed by atoms with E-state index in [1.165, 1.54) is 46.2 Å². The molecule has 1 aliphatic heterocycles. The maximum absolute atomic E-state index is 5.95. The molecule has 3 rings (SSSR count). The van der Waals surface area contributed by atoms with Crippen molar-refractivity contribution >= 4 is 15.9 Å². The number of halogens is 1. The minimum Gasteiger partial charge on any atom is -0.493 e. The third-order valence-corrected chi connectivity index (χ3v) is 5.24. The molecule has 20 heavy (non-hydrogen) atoms. The van der Waals surface area contributed by atoms with Gasteiger partial charge in [0.2, 0.25) is 0 Å². The lowest BCUT2D eigenvalue weighted by Crippen LogP contribution is -2.24. The first-order chi connectivity index (χ1) is 9.70. The van der Waals surface area contributed by atoms with Crippen molar-refractivity contribution in [2.75, 3.05) is 13.2 Å². The first-order valence-corrected chi connectivity index (χ1v) is 8.70. The Morgan fingerprint density at radius 2 is 2.25 bits per heavy atom. The number of fused-ring (bicyclic) bond motifs is 3. The fraction of sp³-hybridized carbons (Fsp3) is 0.647. The standard InChI is InChI=1S/C17H24BrNO/c1-3-7-19-15-9-11(2)4-5-13-16(15)14(18)10-12-6-8-20-17(12)13/h10-11,15,19H,3-9H2,1-2H3. The minimum atomic E-state index is 0.464. The number of ether oxygens (including phenoxy) is 1. The van der Waals surface area contributed by atoms with Crippen LogP contribution in [-0.4, -0.2) is 13.2 Å². The van der Waals surface area contributed by atoms with Gasteiger partial charge in [-0.3, -0.25) is 0 Å². The van der Waals surface area contributed by atoms with E-state index >= 15 is 0 Å². The van der Waals surface area contributed by atoms with Gasteiger partial charge >= 0.3 is 0 Å². The second-order valence-corrected chi connectivity index (χ2v) is 7.08. The van der Waals surface area contributed by atoms with E-state index in [4.69, 9.17) is 4.74 Å². The second-order valence-electron chi connectivity index (χ2n) is 6.22. The molecule has 0 saturated heterocycles. The normalized spacial score (nSPS) is 24.8. The van der Waals surface area contributed by atoms with E-state index in [1.54, 1.807) is 0 Å². The van der Waals surface area contributed by atoms with Crippen LogP contribution in [0.25, 0.3) is 0 Å². The predicted molar refractivity (Wildman–Crippen MR) is 86.5 cm³/mol. The fourth-order valence-electron chi connectivity index (χ4n) is 3.54. The van der Waals surface area contributed by atoms with Gasteiger partial charge in [0.1, 0.15) is 5.75 Å². The van der Waals surface area contributed by atoms with Gasteiger partial charge in [0.05, 0.1) is 6.61 Å². The number of nitrogens with one attached hydrogen (secondary N) is 1. The summed E-state index contributed by atoms with van der Waals surface area (Å²) in [5.74, 6) is 1.96. The highest BCUT2D eigenvalue weighted by atomic mass is 79.9. The molecular weight excluding hydrogens is 314 g/mol. The van der Waals surface area contributed by atoms with Gasteiger partial charge in [-0.1, -0.05) is 29.8 Å². The summed E-state index contributed by atoms with van der Waals surface area (Å²) in [5.41, 5.74) is 4.31. The maximum atomic E-state index is 5.95. The Labute approximate surface area is 130 Å². The Balaban J connectivity index is 2.04. The second kappa shape index (κ2) is 6.07. The van der Waals surface area contributed by atoms with Gasteiger partial charge in [-0.2, -0.15) is 0 Å². The zero-order chi connectivity index (χ0) is 14.1. The quantitative estimate of drug-likeness (QED) is 0.825. The van der Waals surface area contributed by atoms with Crippen molar-refractivity contribution in [1.29, 1.82) is 0 Å². The van der Waals surface area contributed by atoms with Gasteiger partial charge in [-0.05, 0) is 55.3 Å². The molecule has 2 atom stereocenters. The van der Waals surface area contributed by atoms with Gasteiger partial charge in [-0.25, -0.2) is 0 Å². The highest BCUT2D eigenvalue weighted by Crippen LogP contribution is 2.44. The number of hydrogen-bond donors (Lipinski definition) is 1. The van der Waals surface area contributed by atoms with Crippen molar-refractivity contribution in [3.63, 3.8) is 0 Å². The Kier molecular flexibility index (Phi) is 4.37. The zero-order valence-corrected chi connectivity index (χ0v) is 14.1. The van der Waals surface area contributed by atoms with Crippen molar-refractivity contribution in [2.24, 2.45) is 5.92 Å². The molecule has 3 heteroatoms. The molecular formula is C17H24BrNO. The molecule has 1 aromatic carbocycles. The van der Waals surface area contributed by atoms with Crippen LogP contribution >= 0.6 is 15.9 Å². The van der Waals surface area contributed by atoms with Crippen LogP contribution < -0.4 is 10.1 Å². The summed E-state index contributed by atoms with van der Waals surface area (Å²) < 4.78 is 7.22. The number of hydrogen-bond acceptors (Lipinski definition) is 2. The van der Waals surface area contributed by atoms with E-state index < -0.39 is 0 Å². The van der Waals surface area contributed by atoms with E-state index in [0.29, 0.717) is 6.04 Å². The average molecular weight is 338 g/mol. The summed E-state index contributed by atoms with van der Waals surface area (Å²) in [6.07, 6.45) is 5.89. The molecule has 0 radical (unpaired) electrons. The largest absolute Gasteiger partial charge is 0.493 e. The van der Waals surface area contributed by atoms with E-state index in [-0.39, 0.29) is 0 Å². The minimum absolute atomic E-state index is 0.464. The van der Waals surface area contributed by atoms with E-state index in [2.05, 4.69) is 41.2 Å². The summed E-state index contributed by atoms with van der Waals surface area (Å²) in [5, 5.41) is 3.74. The highest BCUT2D eigenvalue weighted by Gasteiger charge is 2.29. The van der Waals surface area contributed by atoms with Crippen LogP contribution in [0.1, 0.15) is 55.8 Å². The highest BCUT2D eigenvalue weighted by molar-refractivity contribution is 9.10. The molecule has 0 aromatic heterocycles. The summed E-state index contributed by atoms with van der Waals surface area (Å²) in [7, 11) is 0. The summed E-state index contributed by atoms with van der Waals surface area (Å²) in [6, 6.07) is 2.75. The van der Waals surface area contributed by atoms with Gasteiger partial charge in [0, 0.05) is 22.5 Å².